The summed E-state index contributed by atoms with van der Waals surface area (Å²) < 4.78 is 10.8. The molecule has 4 heteroatoms. The van der Waals surface area contributed by atoms with Gasteiger partial charge >= 0.3 is 5.97 Å². The van der Waals surface area contributed by atoms with Gasteiger partial charge in [-0.05, 0) is 56.9 Å². The van der Waals surface area contributed by atoms with Gasteiger partial charge in [-0.1, -0.05) is 0 Å². The quantitative estimate of drug-likeness (QED) is 0.777. The Morgan fingerprint density at radius 2 is 1.72 bits per heavy atom. The predicted molar refractivity (Wildman–Crippen MR) is 69.0 cm³/mol. The fraction of sp³-hybridized carbons (Fsp3) is 0.929. The third-order valence-electron chi connectivity index (χ3n) is 4.32. The van der Waals surface area contributed by atoms with Gasteiger partial charge in [-0.3, -0.25) is 4.79 Å². The molecule has 0 radical (unpaired) electrons. The Morgan fingerprint density at radius 1 is 1.06 bits per heavy atom. The van der Waals surface area contributed by atoms with Crippen LogP contribution in [0.5, 0.6) is 0 Å². The lowest BCUT2D eigenvalue weighted by Gasteiger charge is -2.27. The van der Waals surface area contributed by atoms with Crippen LogP contribution in [0.4, 0.5) is 0 Å². The highest BCUT2D eigenvalue weighted by molar-refractivity contribution is 5.72. The first-order valence-corrected chi connectivity index (χ1v) is 7.24. The van der Waals surface area contributed by atoms with E-state index in [9.17, 15) is 4.79 Å². The molecule has 2 N–H and O–H groups in total. The van der Waals surface area contributed by atoms with Crippen LogP contribution in [0.3, 0.4) is 0 Å². The molecule has 104 valence electrons. The second-order valence-electron chi connectivity index (χ2n) is 5.64. The zero-order valence-corrected chi connectivity index (χ0v) is 11.1. The topological polar surface area (TPSA) is 61.6 Å². The highest BCUT2D eigenvalue weighted by Gasteiger charge is 2.27. The molecule has 4 nitrogen and oxygen atoms in total. The largest absolute Gasteiger partial charge is 0.465 e. The zero-order chi connectivity index (χ0) is 12.8. The third-order valence-corrected chi connectivity index (χ3v) is 4.32. The van der Waals surface area contributed by atoms with Crippen LogP contribution in [0, 0.1) is 17.8 Å². The molecule has 0 spiro atoms. The van der Waals surface area contributed by atoms with Crippen LogP contribution in [-0.2, 0) is 14.3 Å². The lowest BCUT2D eigenvalue weighted by Crippen LogP contribution is -2.29. The summed E-state index contributed by atoms with van der Waals surface area (Å²) >= 11 is 0. The monoisotopic (exact) mass is 255 g/mol. The maximum absolute atomic E-state index is 12.0. The molecule has 0 atom stereocenters. The average molecular weight is 255 g/mol. The number of hydrogen-bond acceptors (Lipinski definition) is 4. The van der Waals surface area contributed by atoms with Gasteiger partial charge in [-0.25, -0.2) is 0 Å². The Bertz CT molecular complexity index is 256. The summed E-state index contributed by atoms with van der Waals surface area (Å²) in [5.41, 5.74) is 5.65. The van der Waals surface area contributed by atoms with Gasteiger partial charge in [0.05, 0.1) is 12.5 Å². The van der Waals surface area contributed by atoms with E-state index in [4.69, 9.17) is 15.2 Å². The predicted octanol–water partition coefficient (Wildman–Crippen LogP) is 1.72. The molecule has 0 aromatic rings. The molecule has 18 heavy (non-hydrogen) atoms. The first-order chi connectivity index (χ1) is 8.79. The van der Waals surface area contributed by atoms with Crippen molar-refractivity contribution in [1.82, 2.24) is 0 Å². The van der Waals surface area contributed by atoms with Gasteiger partial charge in [-0.15, -0.1) is 0 Å². The first kappa shape index (κ1) is 13.8. The van der Waals surface area contributed by atoms with E-state index in [0.29, 0.717) is 18.4 Å². The van der Waals surface area contributed by atoms with Crippen molar-refractivity contribution < 1.29 is 14.3 Å². The first-order valence-electron chi connectivity index (χ1n) is 7.24. The summed E-state index contributed by atoms with van der Waals surface area (Å²) in [6.45, 7) is 2.95. The lowest BCUT2D eigenvalue weighted by atomic mass is 9.82. The smallest absolute Gasteiger partial charge is 0.308 e. The average Bonchev–Trinajstić information content (AvgIpc) is 2.46. The van der Waals surface area contributed by atoms with Crippen LogP contribution in [0.25, 0.3) is 0 Å². The van der Waals surface area contributed by atoms with Crippen molar-refractivity contribution in [3.8, 4) is 0 Å². The molecular formula is C14H25NO3. The Kier molecular flexibility index (Phi) is 5.45. The molecule has 2 fully saturated rings. The molecular weight excluding hydrogens is 230 g/mol. The van der Waals surface area contributed by atoms with E-state index in [1.165, 1.54) is 0 Å². The number of rotatable bonds is 4. The molecule has 0 amide bonds. The van der Waals surface area contributed by atoms with E-state index in [-0.39, 0.29) is 11.9 Å². The molecule has 0 bridgehead atoms. The Hall–Kier alpha value is -0.610. The minimum atomic E-state index is 0.0111. The summed E-state index contributed by atoms with van der Waals surface area (Å²) in [7, 11) is 0. The maximum Gasteiger partial charge on any atom is 0.308 e. The molecule has 1 aliphatic carbocycles. The minimum absolute atomic E-state index is 0.0111. The number of esters is 1. The molecule has 1 heterocycles. The van der Waals surface area contributed by atoms with Gasteiger partial charge in [-0.2, -0.15) is 0 Å². The SMILES string of the molecule is NCC1CCC(C(=O)OCC2CCOCC2)CC1. The summed E-state index contributed by atoms with van der Waals surface area (Å²) in [4.78, 5) is 12.0. The van der Waals surface area contributed by atoms with Crippen LogP contribution in [0.15, 0.2) is 0 Å². The van der Waals surface area contributed by atoms with Gasteiger partial charge in [0, 0.05) is 13.2 Å². The van der Waals surface area contributed by atoms with Crippen LogP contribution >= 0.6 is 0 Å². The molecule has 2 rings (SSSR count). The fourth-order valence-electron chi connectivity index (χ4n) is 2.86. The minimum Gasteiger partial charge on any atom is -0.465 e. The Morgan fingerprint density at radius 3 is 2.33 bits per heavy atom. The van der Waals surface area contributed by atoms with E-state index in [1.807, 2.05) is 0 Å². The van der Waals surface area contributed by atoms with Gasteiger partial charge in [0.2, 0.25) is 0 Å². The highest BCUT2D eigenvalue weighted by atomic mass is 16.5. The number of carbonyl (C=O) groups excluding carboxylic acids is 1. The van der Waals surface area contributed by atoms with Crippen LogP contribution < -0.4 is 5.73 Å². The Balaban J connectivity index is 1.65. The van der Waals surface area contributed by atoms with E-state index in [2.05, 4.69) is 0 Å². The molecule has 1 saturated heterocycles. The second-order valence-corrected chi connectivity index (χ2v) is 5.64. The van der Waals surface area contributed by atoms with E-state index in [1.54, 1.807) is 0 Å². The van der Waals surface area contributed by atoms with Crippen LogP contribution in [0.1, 0.15) is 38.5 Å². The highest BCUT2D eigenvalue weighted by Crippen LogP contribution is 2.29. The van der Waals surface area contributed by atoms with Gasteiger partial charge in [0.1, 0.15) is 0 Å². The van der Waals surface area contributed by atoms with Crippen LogP contribution in [0.2, 0.25) is 0 Å². The van der Waals surface area contributed by atoms with E-state index < -0.39 is 0 Å². The Labute approximate surface area is 109 Å². The third kappa shape index (κ3) is 3.95. The molecule has 1 saturated carbocycles. The zero-order valence-electron chi connectivity index (χ0n) is 11.1. The summed E-state index contributed by atoms with van der Waals surface area (Å²) in [6.07, 6.45) is 6.10. The van der Waals surface area contributed by atoms with Crippen molar-refractivity contribution in [2.45, 2.75) is 38.5 Å². The standard InChI is InChI=1S/C14H25NO3/c15-9-11-1-3-13(4-2-11)14(16)18-10-12-5-7-17-8-6-12/h11-13H,1-10,15H2. The van der Waals surface area contributed by atoms with Crippen molar-refractivity contribution in [1.29, 1.82) is 0 Å². The number of ether oxygens (including phenoxy) is 2. The van der Waals surface area contributed by atoms with Gasteiger partial charge < -0.3 is 15.2 Å². The van der Waals surface area contributed by atoms with Crippen molar-refractivity contribution in [2.24, 2.45) is 23.5 Å². The molecule has 0 aromatic carbocycles. The number of carbonyl (C=O) groups is 1. The maximum atomic E-state index is 12.0. The van der Waals surface area contributed by atoms with Crippen LogP contribution in [-0.4, -0.2) is 32.3 Å². The van der Waals surface area contributed by atoms with E-state index >= 15 is 0 Å². The normalized spacial score (nSPS) is 30.1. The van der Waals surface area contributed by atoms with Crippen molar-refractivity contribution >= 4 is 5.97 Å². The van der Waals surface area contributed by atoms with Crippen molar-refractivity contribution in [3.63, 3.8) is 0 Å². The lowest BCUT2D eigenvalue weighted by molar-refractivity contribution is -0.152. The van der Waals surface area contributed by atoms with E-state index in [0.717, 1.165) is 58.3 Å². The molecule has 0 aromatic heterocycles. The summed E-state index contributed by atoms with van der Waals surface area (Å²) in [5, 5.41) is 0. The number of nitrogens with two attached hydrogens (primary N) is 1. The second kappa shape index (κ2) is 7.10. The fourth-order valence-corrected chi connectivity index (χ4v) is 2.86. The van der Waals surface area contributed by atoms with Crippen molar-refractivity contribution in [2.75, 3.05) is 26.4 Å². The molecule has 0 unspecified atom stereocenters. The molecule has 2 aliphatic rings. The summed E-state index contributed by atoms with van der Waals surface area (Å²) in [5.74, 6) is 1.25. The van der Waals surface area contributed by atoms with Gasteiger partial charge in [0.15, 0.2) is 0 Å². The van der Waals surface area contributed by atoms with Gasteiger partial charge in [0.25, 0.3) is 0 Å². The summed E-state index contributed by atoms with van der Waals surface area (Å²) in [6, 6.07) is 0. The molecule has 1 aliphatic heterocycles. The number of hydrogen-bond donors (Lipinski definition) is 1. The van der Waals surface area contributed by atoms with Crippen molar-refractivity contribution in [3.05, 3.63) is 0 Å².